The van der Waals surface area contributed by atoms with Crippen LogP contribution < -0.4 is 10.1 Å². The Morgan fingerprint density at radius 1 is 1.40 bits per heavy atom. The molecule has 1 aliphatic heterocycles. The van der Waals surface area contributed by atoms with Gasteiger partial charge in [-0.3, -0.25) is 0 Å². The highest BCUT2D eigenvalue weighted by Gasteiger charge is 2.28. The number of hydrogen-bond donors (Lipinski definition) is 1. The molecule has 0 aliphatic carbocycles. The van der Waals surface area contributed by atoms with Crippen molar-refractivity contribution < 1.29 is 13.9 Å². The number of nitrogens with one attached hydrogen (secondary N) is 1. The van der Waals surface area contributed by atoms with Gasteiger partial charge in [0.05, 0.1) is 16.7 Å². The zero-order valence-corrected chi connectivity index (χ0v) is 12.8. The first kappa shape index (κ1) is 15.8. The van der Waals surface area contributed by atoms with Crippen LogP contribution in [0, 0.1) is 11.7 Å². The van der Waals surface area contributed by atoms with E-state index in [9.17, 15) is 4.39 Å². The van der Waals surface area contributed by atoms with E-state index in [1.807, 2.05) is 6.92 Å². The summed E-state index contributed by atoms with van der Waals surface area (Å²) in [5, 5.41) is 3.49. The largest absolute Gasteiger partial charge is 0.483 e. The third kappa shape index (κ3) is 3.76. The summed E-state index contributed by atoms with van der Waals surface area (Å²) >= 11 is 11.8. The van der Waals surface area contributed by atoms with Gasteiger partial charge in [-0.1, -0.05) is 23.2 Å². The van der Waals surface area contributed by atoms with Crippen molar-refractivity contribution in [2.75, 3.05) is 26.3 Å². The van der Waals surface area contributed by atoms with Crippen molar-refractivity contribution in [2.24, 2.45) is 5.92 Å². The monoisotopic (exact) mass is 321 g/mol. The molecule has 1 heterocycles. The van der Waals surface area contributed by atoms with E-state index in [1.165, 1.54) is 12.1 Å². The smallest absolute Gasteiger partial charge is 0.185 e. The predicted octanol–water partition coefficient (Wildman–Crippen LogP) is 3.53. The molecule has 1 aromatic carbocycles. The van der Waals surface area contributed by atoms with E-state index in [1.54, 1.807) is 0 Å². The zero-order chi connectivity index (χ0) is 14.5. The molecule has 0 saturated carbocycles. The maximum Gasteiger partial charge on any atom is 0.185 e. The number of halogens is 3. The third-order valence-corrected chi connectivity index (χ3v) is 3.97. The quantitative estimate of drug-likeness (QED) is 0.813. The Morgan fingerprint density at radius 2 is 2.15 bits per heavy atom. The lowest BCUT2D eigenvalue weighted by atomic mass is 10.0. The number of benzene rings is 1. The van der Waals surface area contributed by atoms with E-state index in [2.05, 4.69) is 5.32 Å². The van der Waals surface area contributed by atoms with E-state index in [-0.39, 0.29) is 27.8 Å². The van der Waals surface area contributed by atoms with Crippen molar-refractivity contribution in [2.45, 2.75) is 19.4 Å². The molecule has 0 radical (unpaired) electrons. The zero-order valence-electron chi connectivity index (χ0n) is 11.3. The van der Waals surface area contributed by atoms with Crippen LogP contribution in [0.3, 0.4) is 0 Å². The maximum atomic E-state index is 14.0. The molecule has 1 fully saturated rings. The molecule has 1 aliphatic rings. The van der Waals surface area contributed by atoms with Crippen molar-refractivity contribution in [3.63, 3.8) is 0 Å². The van der Waals surface area contributed by atoms with Crippen molar-refractivity contribution in [3.05, 3.63) is 28.0 Å². The van der Waals surface area contributed by atoms with Crippen molar-refractivity contribution in [1.29, 1.82) is 0 Å². The minimum Gasteiger partial charge on any atom is -0.483 e. The van der Waals surface area contributed by atoms with E-state index in [0.29, 0.717) is 13.2 Å². The van der Waals surface area contributed by atoms with Crippen molar-refractivity contribution in [3.8, 4) is 5.75 Å². The van der Waals surface area contributed by atoms with Crippen molar-refractivity contribution >= 4 is 23.2 Å². The van der Waals surface area contributed by atoms with Crippen LogP contribution in [-0.2, 0) is 4.74 Å². The average Bonchev–Trinajstić information content (AvgIpc) is 2.96. The van der Waals surface area contributed by atoms with Gasteiger partial charge in [0.2, 0.25) is 0 Å². The summed E-state index contributed by atoms with van der Waals surface area (Å²) in [6, 6.07) is 2.95. The second kappa shape index (κ2) is 7.46. The van der Waals surface area contributed by atoms with E-state index >= 15 is 0 Å². The second-order valence-electron chi connectivity index (χ2n) is 4.74. The fourth-order valence-electron chi connectivity index (χ4n) is 2.26. The molecule has 3 nitrogen and oxygen atoms in total. The molecule has 0 spiro atoms. The van der Waals surface area contributed by atoms with Gasteiger partial charge in [0, 0.05) is 19.1 Å². The van der Waals surface area contributed by atoms with Gasteiger partial charge in [-0.2, -0.15) is 0 Å². The minimum atomic E-state index is -0.619. The second-order valence-corrected chi connectivity index (χ2v) is 5.56. The molecular formula is C14H18Cl2FNO2. The topological polar surface area (TPSA) is 30.5 Å². The van der Waals surface area contributed by atoms with Crippen LogP contribution in [0.4, 0.5) is 4.39 Å². The summed E-state index contributed by atoms with van der Waals surface area (Å²) < 4.78 is 25.3. The van der Waals surface area contributed by atoms with Gasteiger partial charge in [-0.15, -0.1) is 0 Å². The summed E-state index contributed by atoms with van der Waals surface area (Å²) in [4.78, 5) is 0. The lowest BCUT2D eigenvalue weighted by Gasteiger charge is -2.25. The Hall–Kier alpha value is -0.550. The fourth-order valence-corrected chi connectivity index (χ4v) is 2.60. The van der Waals surface area contributed by atoms with Gasteiger partial charge in [-0.25, -0.2) is 4.39 Å². The Labute approximate surface area is 128 Å². The molecule has 0 amide bonds. The predicted molar refractivity (Wildman–Crippen MR) is 78.3 cm³/mol. The molecule has 0 aromatic heterocycles. The normalized spacial score (nSPS) is 20.1. The molecule has 1 saturated heterocycles. The van der Waals surface area contributed by atoms with Crippen LogP contribution in [0.1, 0.15) is 13.3 Å². The standard InChI is InChI=1S/C14H18Cl2FNO2/c1-2-19-8-12(9-5-6-18-7-9)20-14-11(16)4-3-10(15)13(14)17/h3-4,9,12,18H,2,5-8H2,1H3/t9?,12-/m0/s1. The summed E-state index contributed by atoms with van der Waals surface area (Å²) in [5.74, 6) is -0.335. The lowest BCUT2D eigenvalue weighted by Crippen LogP contribution is -2.33. The summed E-state index contributed by atoms with van der Waals surface area (Å²) in [6.45, 7) is 4.67. The summed E-state index contributed by atoms with van der Waals surface area (Å²) in [6.07, 6.45) is 0.729. The first-order valence-corrected chi connectivity index (χ1v) is 7.47. The minimum absolute atomic E-state index is 0.00380. The van der Waals surface area contributed by atoms with Gasteiger partial charge in [0.1, 0.15) is 6.10 Å². The van der Waals surface area contributed by atoms with Gasteiger partial charge in [0.25, 0.3) is 0 Å². The van der Waals surface area contributed by atoms with Gasteiger partial charge in [0.15, 0.2) is 11.6 Å². The highest BCUT2D eigenvalue weighted by molar-refractivity contribution is 6.34. The van der Waals surface area contributed by atoms with Gasteiger partial charge in [-0.05, 0) is 32.0 Å². The molecule has 2 rings (SSSR count). The highest BCUT2D eigenvalue weighted by atomic mass is 35.5. The van der Waals surface area contributed by atoms with E-state index in [0.717, 1.165) is 19.5 Å². The van der Waals surface area contributed by atoms with Gasteiger partial charge >= 0.3 is 0 Å². The molecule has 6 heteroatoms. The average molecular weight is 322 g/mol. The summed E-state index contributed by atoms with van der Waals surface area (Å²) in [7, 11) is 0. The first-order valence-electron chi connectivity index (χ1n) is 6.72. The molecule has 20 heavy (non-hydrogen) atoms. The van der Waals surface area contributed by atoms with Crippen molar-refractivity contribution in [1.82, 2.24) is 5.32 Å². The van der Waals surface area contributed by atoms with Gasteiger partial charge < -0.3 is 14.8 Å². The molecular weight excluding hydrogens is 304 g/mol. The molecule has 1 unspecified atom stereocenters. The van der Waals surface area contributed by atoms with Crippen LogP contribution in [-0.4, -0.2) is 32.4 Å². The first-order chi connectivity index (χ1) is 9.63. The number of ether oxygens (including phenoxy) is 2. The Bertz CT molecular complexity index is 453. The SMILES string of the molecule is CCOC[C@H](Oc1c(Cl)ccc(Cl)c1F)C1CCNC1. The van der Waals surface area contributed by atoms with Crippen LogP contribution >= 0.6 is 23.2 Å². The van der Waals surface area contributed by atoms with Crippen LogP contribution in [0.5, 0.6) is 5.75 Å². The van der Waals surface area contributed by atoms with E-state index in [4.69, 9.17) is 32.7 Å². The lowest BCUT2D eigenvalue weighted by molar-refractivity contribution is 0.0272. The number of hydrogen-bond acceptors (Lipinski definition) is 3. The molecule has 2 atom stereocenters. The maximum absolute atomic E-state index is 14.0. The third-order valence-electron chi connectivity index (χ3n) is 3.38. The van der Waals surface area contributed by atoms with Crippen LogP contribution in [0.2, 0.25) is 10.0 Å². The molecule has 1 aromatic rings. The number of rotatable bonds is 6. The molecule has 1 N–H and O–H groups in total. The highest BCUT2D eigenvalue weighted by Crippen LogP contribution is 2.34. The van der Waals surface area contributed by atoms with Crippen LogP contribution in [0.15, 0.2) is 12.1 Å². The Kier molecular flexibility index (Phi) is 5.90. The Balaban J connectivity index is 2.16. The molecule has 112 valence electrons. The fraction of sp³-hybridized carbons (Fsp3) is 0.571. The summed E-state index contributed by atoms with van der Waals surface area (Å²) in [5.41, 5.74) is 0. The Morgan fingerprint density at radius 3 is 2.80 bits per heavy atom. The van der Waals surface area contributed by atoms with Crippen LogP contribution in [0.25, 0.3) is 0 Å². The van der Waals surface area contributed by atoms with E-state index < -0.39 is 5.82 Å². The molecule has 0 bridgehead atoms.